The van der Waals surface area contributed by atoms with Gasteiger partial charge in [0.05, 0.1) is 0 Å². The molecule has 0 bridgehead atoms. The molecule has 0 atom stereocenters. The predicted molar refractivity (Wildman–Crippen MR) is 152 cm³/mol. The van der Waals surface area contributed by atoms with Crippen molar-refractivity contribution in [3.8, 4) is 34.0 Å². The number of fused-ring (bicyclic) bond motifs is 1. The van der Waals surface area contributed by atoms with Gasteiger partial charge in [-0.3, -0.25) is 0 Å². The van der Waals surface area contributed by atoms with E-state index in [1.165, 1.54) is 5.56 Å². The topological polar surface area (TPSA) is 35.0 Å². The maximum Gasteiger partial charge on any atom is 2.00 e. The van der Waals surface area contributed by atoms with E-state index in [0.717, 1.165) is 38.9 Å². The summed E-state index contributed by atoms with van der Waals surface area (Å²) in [4.78, 5) is 9.32. The summed E-state index contributed by atoms with van der Waals surface area (Å²) in [5.74, 6) is 1.27. The van der Waals surface area contributed by atoms with E-state index in [2.05, 4.69) is 95.1 Å². The van der Waals surface area contributed by atoms with E-state index in [1.54, 1.807) is 0 Å². The maximum absolute atomic E-state index is 6.38. The standard InChI is InChI=1S/C34H32N2O.Pt/c1-33(2,3)26-15-17-35-31(22-26)24-11-9-12-28(19-24)37-29-20-25(18-27(21-29)34(4,5)6)32-30-13-8-7-10-23(30)14-16-36-32;/h7-18,21-22H,1-6H3;/q-2;+2. The predicted octanol–water partition coefficient (Wildman–Crippen LogP) is 8.95. The molecular formula is C34H32N2OPt. The van der Waals surface area contributed by atoms with Crippen LogP contribution in [0.15, 0.2) is 85.2 Å². The molecule has 0 radical (unpaired) electrons. The molecule has 38 heavy (non-hydrogen) atoms. The van der Waals surface area contributed by atoms with Gasteiger partial charge in [-0.2, -0.15) is 0 Å². The van der Waals surface area contributed by atoms with Crippen LogP contribution >= 0.6 is 0 Å². The molecular weight excluding hydrogens is 647 g/mol. The van der Waals surface area contributed by atoms with Crippen LogP contribution in [-0.4, -0.2) is 9.97 Å². The molecule has 0 aliphatic rings. The molecule has 4 heteroatoms. The molecule has 0 unspecified atom stereocenters. The van der Waals surface area contributed by atoms with Gasteiger partial charge in [-0.15, -0.1) is 41.0 Å². The number of nitrogens with zero attached hydrogens (tertiary/aromatic N) is 2. The quantitative estimate of drug-likeness (QED) is 0.178. The Morgan fingerprint density at radius 1 is 0.632 bits per heavy atom. The van der Waals surface area contributed by atoms with E-state index in [4.69, 9.17) is 9.72 Å². The SMILES string of the molecule is CC(C)(C)c1cc(Oc2[c-]c(-c3cc(C(C)(C)C)ccn3)ccc2)[c-]c(-c2nccc3ccccc23)c1.[Pt+2]. The molecule has 5 aromatic rings. The summed E-state index contributed by atoms with van der Waals surface area (Å²) < 4.78 is 6.38. The van der Waals surface area contributed by atoms with Gasteiger partial charge in [0.25, 0.3) is 0 Å². The van der Waals surface area contributed by atoms with Crippen molar-refractivity contribution in [2.45, 2.75) is 52.4 Å². The van der Waals surface area contributed by atoms with Gasteiger partial charge in [0.2, 0.25) is 0 Å². The van der Waals surface area contributed by atoms with E-state index in [-0.39, 0.29) is 31.9 Å². The van der Waals surface area contributed by atoms with Gasteiger partial charge in [0.1, 0.15) is 0 Å². The zero-order valence-corrected chi connectivity index (χ0v) is 25.0. The Kier molecular flexibility index (Phi) is 7.90. The average molecular weight is 680 g/mol. The number of hydrogen-bond acceptors (Lipinski definition) is 3. The van der Waals surface area contributed by atoms with Crippen molar-refractivity contribution >= 4 is 10.8 Å². The fourth-order valence-electron chi connectivity index (χ4n) is 4.31. The molecule has 0 spiro atoms. The van der Waals surface area contributed by atoms with Gasteiger partial charge in [0.15, 0.2) is 0 Å². The van der Waals surface area contributed by atoms with Crippen molar-refractivity contribution in [3.63, 3.8) is 0 Å². The van der Waals surface area contributed by atoms with Gasteiger partial charge < -0.3 is 14.7 Å². The molecule has 3 aromatic carbocycles. The van der Waals surface area contributed by atoms with Crippen molar-refractivity contribution < 1.29 is 25.8 Å². The van der Waals surface area contributed by atoms with Crippen LogP contribution in [0.5, 0.6) is 11.5 Å². The van der Waals surface area contributed by atoms with Crippen LogP contribution in [0.4, 0.5) is 0 Å². The molecule has 0 fully saturated rings. The molecule has 5 rings (SSSR count). The third kappa shape index (κ3) is 6.05. The van der Waals surface area contributed by atoms with E-state index < -0.39 is 0 Å². The first-order valence-corrected chi connectivity index (χ1v) is 12.7. The molecule has 3 nitrogen and oxygen atoms in total. The van der Waals surface area contributed by atoms with E-state index in [1.807, 2.05) is 48.8 Å². The van der Waals surface area contributed by atoms with Crippen LogP contribution in [-0.2, 0) is 31.9 Å². The van der Waals surface area contributed by atoms with Crippen LogP contribution in [0.3, 0.4) is 0 Å². The average Bonchev–Trinajstić information content (AvgIpc) is 2.87. The molecule has 194 valence electrons. The Labute approximate surface area is 240 Å². The molecule has 0 saturated heterocycles. The van der Waals surface area contributed by atoms with Gasteiger partial charge >= 0.3 is 21.1 Å². The van der Waals surface area contributed by atoms with Crippen LogP contribution in [0.2, 0.25) is 0 Å². The minimum atomic E-state index is -0.0740. The zero-order valence-electron chi connectivity index (χ0n) is 22.7. The first kappa shape index (κ1) is 27.7. The fraction of sp³-hybridized carbons (Fsp3) is 0.235. The molecule has 2 aromatic heterocycles. The summed E-state index contributed by atoms with van der Waals surface area (Å²) >= 11 is 0. The first-order valence-electron chi connectivity index (χ1n) is 12.7. The second kappa shape index (κ2) is 10.8. The van der Waals surface area contributed by atoms with Crippen molar-refractivity contribution in [3.05, 3.63) is 108 Å². The normalized spacial score (nSPS) is 11.7. The number of aromatic nitrogens is 2. The molecule has 2 heterocycles. The Bertz CT molecular complexity index is 1570. The Morgan fingerprint density at radius 3 is 2.11 bits per heavy atom. The van der Waals surface area contributed by atoms with Gasteiger partial charge in [-0.1, -0.05) is 90.1 Å². The molecule has 0 aliphatic heterocycles. The second-order valence-electron chi connectivity index (χ2n) is 11.5. The third-order valence-electron chi connectivity index (χ3n) is 6.53. The van der Waals surface area contributed by atoms with Gasteiger partial charge in [0, 0.05) is 23.9 Å². The largest absolute Gasteiger partial charge is 2.00 e. The first-order chi connectivity index (χ1) is 17.6. The third-order valence-corrected chi connectivity index (χ3v) is 6.53. The number of rotatable bonds is 4. The van der Waals surface area contributed by atoms with Crippen molar-refractivity contribution in [2.24, 2.45) is 0 Å². The van der Waals surface area contributed by atoms with Crippen molar-refractivity contribution in [1.82, 2.24) is 9.97 Å². The van der Waals surface area contributed by atoms with Crippen molar-refractivity contribution in [1.29, 1.82) is 0 Å². The molecule has 0 saturated carbocycles. The number of pyridine rings is 2. The second-order valence-corrected chi connectivity index (χ2v) is 11.5. The van der Waals surface area contributed by atoms with Crippen LogP contribution in [0.25, 0.3) is 33.3 Å². The summed E-state index contributed by atoms with van der Waals surface area (Å²) in [6.45, 7) is 13.2. The minimum absolute atomic E-state index is 0. The Morgan fingerprint density at radius 2 is 1.34 bits per heavy atom. The van der Waals surface area contributed by atoms with Crippen LogP contribution in [0.1, 0.15) is 52.7 Å². The maximum atomic E-state index is 6.38. The van der Waals surface area contributed by atoms with Gasteiger partial charge in [-0.25, -0.2) is 0 Å². The monoisotopic (exact) mass is 679 g/mol. The number of benzene rings is 3. The van der Waals surface area contributed by atoms with E-state index >= 15 is 0 Å². The summed E-state index contributed by atoms with van der Waals surface area (Å²) in [5, 5.41) is 2.24. The van der Waals surface area contributed by atoms with Crippen molar-refractivity contribution in [2.75, 3.05) is 0 Å². The van der Waals surface area contributed by atoms with Gasteiger partial charge in [-0.05, 0) is 50.7 Å². The Balaban J connectivity index is 0.00000336. The Hall–Kier alpha value is -3.29. The van der Waals surface area contributed by atoms with Crippen LogP contribution in [0, 0.1) is 12.1 Å². The fourth-order valence-corrected chi connectivity index (χ4v) is 4.31. The number of hydrogen-bond donors (Lipinski definition) is 0. The molecule has 0 aliphatic carbocycles. The summed E-state index contributed by atoms with van der Waals surface area (Å²) in [6.07, 6.45) is 3.72. The summed E-state index contributed by atoms with van der Waals surface area (Å²) in [5.41, 5.74) is 5.94. The number of ether oxygens (including phenoxy) is 1. The van der Waals surface area contributed by atoms with Crippen LogP contribution < -0.4 is 4.74 Å². The zero-order chi connectivity index (χ0) is 26.2. The summed E-state index contributed by atoms with van der Waals surface area (Å²) in [7, 11) is 0. The molecule has 0 amide bonds. The van der Waals surface area contributed by atoms with E-state index in [0.29, 0.717) is 11.5 Å². The summed E-state index contributed by atoms with van der Waals surface area (Å²) in [6, 6.07) is 31.6. The van der Waals surface area contributed by atoms with E-state index in [9.17, 15) is 0 Å². The minimum Gasteiger partial charge on any atom is -0.497 e. The molecule has 0 N–H and O–H groups in total. The smallest absolute Gasteiger partial charge is 0.497 e.